The molecule has 5 heteroatoms. The zero-order valence-corrected chi connectivity index (χ0v) is 12.3. The zero-order chi connectivity index (χ0) is 13.3. The number of ketones is 1. The highest BCUT2D eigenvalue weighted by atomic mass is 79.9. The van der Waals surface area contributed by atoms with Gasteiger partial charge < -0.3 is 14.8 Å². The highest BCUT2D eigenvalue weighted by Crippen LogP contribution is 2.44. The Kier molecular flexibility index (Phi) is 3.92. The van der Waals surface area contributed by atoms with Crippen LogP contribution < -0.4 is 14.8 Å². The molecule has 0 saturated carbocycles. The molecule has 1 atom stereocenters. The van der Waals surface area contributed by atoms with E-state index in [0.29, 0.717) is 17.9 Å². The molecule has 0 aliphatic carbocycles. The summed E-state index contributed by atoms with van der Waals surface area (Å²) in [6.07, 6.45) is 0.896. The Bertz CT molecular complexity index is 488. The van der Waals surface area contributed by atoms with Gasteiger partial charge in [-0.1, -0.05) is 0 Å². The van der Waals surface area contributed by atoms with Crippen LogP contribution in [0.5, 0.6) is 11.5 Å². The monoisotopic (exact) mass is 313 g/mol. The maximum atomic E-state index is 12.0. The third kappa shape index (κ3) is 2.24. The van der Waals surface area contributed by atoms with Crippen LogP contribution in [0, 0.1) is 0 Å². The first-order valence-corrected chi connectivity index (χ1v) is 6.61. The SMILES string of the molecule is CNCC(=O)c1cc(OC)c2c(c1Br)CC(C)O2. The lowest BCUT2D eigenvalue weighted by Crippen LogP contribution is -2.19. The number of hydrogen-bond donors (Lipinski definition) is 1. The number of hydrogen-bond acceptors (Lipinski definition) is 4. The van der Waals surface area contributed by atoms with Gasteiger partial charge in [-0.2, -0.15) is 0 Å². The van der Waals surface area contributed by atoms with Crippen molar-refractivity contribution in [3.05, 3.63) is 21.7 Å². The van der Waals surface area contributed by atoms with E-state index in [2.05, 4.69) is 21.2 Å². The van der Waals surface area contributed by atoms with Gasteiger partial charge in [0.05, 0.1) is 13.7 Å². The molecule has 0 radical (unpaired) electrons. The molecular formula is C13H16BrNO3. The summed E-state index contributed by atoms with van der Waals surface area (Å²) in [5.74, 6) is 1.40. The van der Waals surface area contributed by atoms with Crippen molar-refractivity contribution in [3.8, 4) is 11.5 Å². The largest absolute Gasteiger partial charge is 0.493 e. The molecule has 0 fully saturated rings. The summed E-state index contributed by atoms with van der Waals surface area (Å²) < 4.78 is 11.9. The van der Waals surface area contributed by atoms with Crippen molar-refractivity contribution in [2.24, 2.45) is 0 Å². The predicted molar refractivity (Wildman–Crippen MR) is 72.7 cm³/mol. The zero-order valence-electron chi connectivity index (χ0n) is 10.7. The first-order chi connectivity index (χ1) is 8.58. The van der Waals surface area contributed by atoms with Crippen molar-refractivity contribution >= 4 is 21.7 Å². The first kappa shape index (κ1) is 13.4. The van der Waals surface area contributed by atoms with Crippen molar-refractivity contribution in [2.75, 3.05) is 20.7 Å². The van der Waals surface area contributed by atoms with Gasteiger partial charge in [-0.05, 0) is 36.0 Å². The smallest absolute Gasteiger partial charge is 0.177 e. The molecular weight excluding hydrogens is 298 g/mol. The lowest BCUT2D eigenvalue weighted by molar-refractivity contribution is 0.0992. The number of ether oxygens (including phenoxy) is 2. The highest BCUT2D eigenvalue weighted by Gasteiger charge is 2.28. The molecule has 18 heavy (non-hydrogen) atoms. The number of benzene rings is 1. The summed E-state index contributed by atoms with van der Waals surface area (Å²) in [5.41, 5.74) is 1.65. The third-order valence-corrected chi connectivity index (χ3v) is 3.85. The second-order valence-corrected chi connectivity index (χ2v) is 5.13. The van der Waals surface area contributed by atoms with E-state index in [4.69, 9.17) is 9.47 Å². The average Bonchev–Trinajstić information content (AvgIpc) is 2.72. The van der Waals surface area contributed by atoms with E-state index >= 15 is 0 Å². The highest BCUT2D eigenvalue weighted by molar-refractivity contribution is 9.10. The first-order valence-electron chi connectivity index (χ1n) is 5.82. The Morgan fingerprint density at radius 3 is 3.00 bits per heavy atom. The molecule has 1 unspecified atom stereocenters. The number of halogens is 1. The van der Waals surface area contributed by atoms with Crippen LogP contribution in [0.4, 0.5) is 0 Å². The molecule has 2 rings (SSSR count). The number of Topliss-reactive ketones (excluding diaryl/α,β-unsaturated/α-hetero) is 1. The topological polar surface area (TPSA) is 47.6 Å². The third-order valence-electron chi connectivity index (χ3n) is 2.94. The van der Waals surface area contributed by atoms with Gasteiger partial charge in [0.2, 0.25) is 0 Å². The van der Waals surface area contributed by atoms with Gasteiger partial charge >= 0.3 is 0 Å². The van der Waals surface area contributed by atoms with E-state index in [1.54, 1.807) is 20.2 Å². The Labute approximate surface area is 115 Å². The quantitative estimate of drug-likeness (QED) is 0.866. The second-order valence-electron chi connectivity index (χ2n) is 4.33. The maximum absolute atomic E-state index is 12.0. The van der Waals surface area contributed by atoms with Crippen LogP contribution in [0.1, 0.15) is 22.8 Å². The van der Waals surface area contributed by atoms with Gasteiger partial charge in [0.25, 0.3) is 0 Å². The fourth-order valence-corrected chi connectivity index (χ4v) is 2.80. The number of rotatable bonds is 4. The molecule has 1 aliphatic heterocycles. The number of methoxy groups -OCH3 is 1. The average molecular weight is 314 g/mol. The van der Waals surface area contributed by atoms with E-state index in [0.717, 1.165) is 22.2 Å². The van der Waals surface area contributed by atoms with E-state index in [-0.39, 0.29) is 11.9 Å². The van der Waals surface area contributed by atoms with Gasteiger partial charge in [0, 0.05) is 22.0 Å². The predicted octanol–water partition coefficient (Wildman–Crippen LogP) is 2.18. The van der Waals surface area contributed by atoms with Crippen molar-refractivity contribution in [3.63, 3.8) is 0 Å². The fourth-order valence-electron chi connectivity index (χ4n) is 2.12. The van der Waals surface area contributed by atoms with Crippen molar-refractivity contribution in [2.45, 2.75) is 19.4 Å². The molecule has 0 saturated heterocycles. The fraction of sp³-hybridized carbons (Fsp3) is 0.462. The molecule has 1 heterocycles. The number of fused-ring (bicyclic) bond motifs is 1. The minimum Gasteiger partial charge on any atom is -0.493 e. The Morgan fingerprint density at radius 2 is 2.39 bits per heavy atom. The molecule has 1 aromatic rings. The van der Waals surface area contributed by atoms with Crippen LogP contribution in [0.3, 0.4) is 0 Å². The van der Waals surface area contributed by atoms with Crippen LogP contribution in [-0.4, -0.2) is 32.6 Å². The molecule has 4 nitrogen and oxygen atoms in total. The Balaban J connectivity index is 2.51. The Morgan fingerprint density at radius 1 is 1.67 bits per heavy atom. The Hall–Kier alpha value is -1.07. The minimum absolute atomic E-state index is 0.0324. The van der Waals surface area contributed by atoms with Crippen LogP contribution in [0.2, 0.25) is 0 Å². The number of nitrogens with one attached hydrogen (secondary N) is 1. The van der Waals surface area contributed by atoms with E-state index in [1.165, 1.54) is 0 Å². The molecule has 0 amide bonds. The van der Waals surface area contributed by atoms with Gasteiger partial charge in [-0.15, -0.1) is 0 Å². The molecule has 1 N–H and O–H groups in total. The minimum atomic E-state index is 0.0324. The number of likely N-dealkylation sites (N-methyl/N-ethyl adjacent to an activating group) is 1. The number of carbonyl (C=O) groups excluding carboxylic acids is 1. The van der Waals surface area contributed by atoms with E-state index in [9.17, 15) is 4.79 Å². The molecule has 0 aromatic heterocycles. The molecule has 98 valence electrons. The van der Waals surface area contributed by atoms with Gasteiger partial charge in [0.15, 0.2) is 17.3 Å². The lowest BCUT2D eigenvalue weighted by Gasteiger charge is -2.12. The molecule has 0 bridgehead atoms. The second kappa shape index (κ2) is 5.28. The molecule has 1 aliphatic rings. The number of carbonyl (C=O) groups is 1. The van der Waals surface area contributed by atoms with Gasteiger partial charge in [-0.25, -0.2) is 0 Å². The van der Waals surface area contributed by atoms with Gasteiger partial charge in [0.1, 0.15) is 6.10 Å². The van der Waals surface area contributed by atoms with E-state index < -0.39 is 0 Å². The van der Waals surface area contributed by atoms with Crippen LogP contribution >= 0.6 is 15.9 Å². The van der Waals surface area contributed by atoms with Crippen molar-refractivity contribution < 1.29 is 14.3 Å². The van der Waals surface area contributed by atoms with Crippen LogP contribution in [0.25, 0.3) is 0 Å². The molecule has 0 spiro atoms. The van der Waals surface area contributed by atoms with Crippen LogP contribution in [0.15, 0.2) is 10.5 Å². The maximum Gasteiger partial charge on any atom is 0.177 e. The van der Waals surface area contributed by atoms with Crippen LogP contribution in [-0.2, 0) is 6.42 Å². The lowest BCUT2D eigenvalue weighted by atomic mass is 10.0. The van der Waals surface area contributed by atoms with Gasteiger partial charge in [-0.3, -0.25) is 4.79 Å². The van der Waals surface area contributed by atoms with Crippen molar-refractivity contribution in [1.82, 2.24) is 5.32 Å². The standard InChI is InChI=1S/C13H16BrNO3/c1-7-4-9-12(14)8(10(16)6-15-2)5-11(17-3)13(9)18-7/h5,7,15H,4,6H2,1-3H3. The summed E-state index contributed by atoms with van der Waals surface area (Å²) >= 11 is 3.51. The summed E-state index contributed by atoms with van der Waals surface area (Å²) in [6.45, 7) is 2.30. The van der Waals surface area contributed by atoms with Crippen molar-refractivity contribution in [1.29, 1.82) is 0 Å². The summed E-state index contributed by atoms with van der Waals surface area (Å²) in [5, 5.41) is 2.86. The summed E-state index contributed by atoms with van der Waals surface area (Å²) in [6, 6.07) is 1.74. The molecule has 1 aromatic carbocycles. The van der Waals surface area contributed by atoms with E-state index in [1.807, 2.05) is 6.92 Å². The normalized spacial score (nSPS) is 17.2. The summed E-state index contributed by atoms with van der Waals surface area (Å²) in [4.78, 5) is 12.0. The summed E-state index contributed by atoms with van der Waals surface area (Å²) in [7, 11) is 3.34.